The van der Waals surface area contributed by atoms with Crippen LogP contribution in [-0.4, -0.2) is 33.3 Å². The molecule has 0 radical (unpaired) electrons. The zero-order valence-electron chi connectivity index (χ0n) is 11.5. The summed E-state index contributed by atoms with van der Waals surface area (Å²) >= 11 is 5.85. The number of hydrogen-bond acceptors (Lipinski definition) is 5. The van der Waals surface area contributed by atoms with Gasteiger partial charge in [0.25, 0.3) is 0 Å². The van der Waals surface area contributed by atoms with Gasteiger partial charge in [0, 0.05) is 10.6 Å². The van der Waals surface area contributed by atoms with Gasteiger partial charge in [0.2, 0.25) is 10.0 Å². The highest BCUT2D eigenvalue weighted by Crippen LogP contribution is 2.22. The van der Waals surface area contributed by atoms with E-state index in [0.29, 0.717) is 10.6 Å². The number of ether oxygens (including phenoxy) is 1. The Morgan fingerprint density at radius 3 is 2.76 bits per heavy atom. The van der Waals surface area contributed by atoms with Crippen LogP contribution in [0.25, 0.3) is 0 Å². The van der Waals surface area contributed by atoms with Gasteiger partial charge < -0.3 is 10.5 Å². The molecule has 0 amide bonds. The number of methoxy groups -OCH3 is 1. The minimum Gasteiger partial charge on any atom is -0.468 e. The van der Waals surface area contributed by atoms with Gasteiger partial charge in [-0.2, -0.15) is 0 Å². The van der Waals surface area contributed by atoms with Crippen LogP contribution in [0.3, 0.4) is 0 Å². The highest BCUT2D eigenvalue weighted by atomic mass is 35.5. The Hall–Kier alpha value is -1.75. The number of carbonyl (C=O) groups is 1. The van der Waals surface area contributed by atoms with Crippen LogP contribution in [0.5, 0.6) is 0 Å². The lowest BCUT2D eigenvalue weighted by atomic mass is 10.2. The van der Waals surface area contributed by atoms with E-state index in [0.717, 1.165) is 7.11 Å². The summed E-state index contributed by atoms with van der Waals surface area (Å²) in [5, 5.41) is -1.03. The highest BCUT2D eigenvalue weighted by Gasteiger charge is 2.29. The van der Waals surface area contributed by atoms with E-state index < -0.39 is 21.2 Å². The predicted octanol–water partition coefficient (Wildman–Crippen LogP) is 0.953. The van der Waals surface area contributed by atoms with Crippen LogP contribution in [0.2, 0.25) is 5.02 Å². The number of halogens is 1. The number of rotatable bonds is 4. The maximum atomic E-state index is 12.1. The molecule has 0 heterocycles. The normalized spacial score (nSPS) is 12.0. The summed E-state index contributed by atoms with van der Waals surface area (Å²) < 4.78 is 30.9. The molecule has 1 aromatic carbocycles. The van der Waals surface area contributed by atoms with Gasteiger partial charge in [-0.05, 0) is 25.1 Å². The number of carbonyl (C=O) groups excluding carboxylic acids is 1. The summed E-state index contributed by atoms with van der Waals surface area (Å²) in [6.45, 7) is 1.36. The SMILES string of the molecule is COC(=O)C(C)S(=O)(=O)Nc1cc(Cl)ccc1C#CCN. The largest absolute Gasteiger partial charge is 0.468 e. The van der Waals surface area contributed by atoms with Crippen molar-refractivity contribution in [1.29, 1.82) is 0 Å². The zero-order chi connectivity index (χ0) is 16.0. The molecule has 0 aliphatic rings. The molecule has 0 spiro atoms. The van der Waals surface area contributed by atoms with Gasteiger partial charge in [-0.15, -0.1) is 0 Å². The molecule has 1 rings (SSSR count). The Labute approximate surface area is 128 Å². The minimum absolute atomic E-state index is 0.132. The average molecular weight is 331 g/mol. The Morgan fingerprint density at radius 2 is 2.19 bits per heavy atom. The Bertz CT molecular complexity index is 692. The molecule has 6 nitrogen and oxygen atoms in total. The van der Waals surface area contributed by atoms with Crippen molar-refractivity contribution in [2.24, 2.45) is 5.73 Å². The van der Waals surface area contributed by atoms with Crippen LogP contribution in [0.4, 0.5) is 5.69 Å². The molecule has 0 saturated carbocycles. The lowest BCUT2D eigenvalue weighted by molar-refractivity contribution is -0.139. The monoisotopic (exact) mass is 330 g/mol. The van der Waals surface area contributed by atoms with Crippen molar-refractivity contribution in [3.63, 3.8) is 0 Å². The lowest BCUT2D eigenvalue weighted by Crippen LogP contribution is -2.33. The summed E-state index contributed by atoms with van der Waals surface area (Å²) in [5.74, 6) is 4.49. The zero-order valence-corrected chi connectivity index (χ0v) is 13.1. The van der Waals surface area contributed by atoms with E-state index in [-0.39, 0.29) is 12.2 Å². The second-order valence-electron chi connectivity index (χ2n) is 4.01. The maximum Gasteiger partial charge on any atom is 0.325 e. The number of benzene rings is 1. The first-order valence-corrected chi connectivity index (χ1v) is 7.82. The third-order valence-electron chi connectivity index (χ3n) is 2.56. The third-order valence-corrected chi connectivity index (χ3v) is 4.42. The molecule has 0 aliphatic heterocycles. The van der Waals surface area contributed by atoms with Crippen LogP contribution < -0.4 is 10.5 Å². The summed E-state index contributed by atoms with van der Waals surface area (Å²) in [7, 11) is -2.85. The Kier molecular flexibility index (Phi) is 6.03. The minimum atomic E-state index is -3.97. The molecule has 0 aliphatic carbocycles. The molecular weight excluding hydrogens is 316 g/mol. The fraction of sp³-hybridized carbons (Fsp3) is 0.308. The number of nitrogens with one attached hydrogen (secondary N) is 1. The highest BCUT2D eigenvalue weighted by molar-refractivity contribution is 7.94. The van der Waals surface area contributed by atoms with E-state index in [1.807, 2.05) is 0 Å². The first kappa shape index (κ1) is 17.3. The molecule has 3 N–H and O–H groups in total. The summed E-state index contributed by atoms with van der Waals surface area (Å²) in [6, 6.07) is 4.54. The molecule has 1 atom stereocenters. The third kappa shape index (κ3) is 4.63. The predicted molar refractivity (Wildman–Crippen MR) is 81.4 cm³/mol. The fourth-order valence-corrected chi connectivity index (χ4v) is 2.56. The van der Waals surface area contributed by atoms with Crippen LogP contribution in [0, 0.1) is 11.8 Å². The molecule has 0 fully saturated rings. The molecule has 8 heteroatoms. The summed E-state index contributed by atoms with van der Waals surface area (Å²) in [5.41, 5.74) is 5.88. The van der Waals surface area contributed by atoms with Crippen molar-refractivity contribution >= 4 is 33.3 Å². The van der Waals surface area contributed by atoms with E-state index in [1.165, 1.54) is 13.0 Å². The van der Waals surface area contributed by atoms with E-state index in [2.05, 4.69) is 21.3 Å². The summed E-state index contributed by atoms with van der Waals surface area (Å²) in [4.78, 5) is 11.4. The number of anilines is 1. The van der Waals surface area contributed by atoms with Crippen LogP contribution in [0.15, 0.2) is 18.2 Å². The number of nitrogens with two attached hydrogens (primary N) is 1. The summed E-state index contributed by atoms with van der Waals surface area (Å²) in [6.07, 6.45) is 0. The molecule has 0 aromatic heterocycles. The Morgan fingerprint density at radius 1 is 1.52 bits per heavy atom. The van der Waals surface area contributed by atoms with Crippen LogP contribution in [-0.2, 0) is 19.6 Å². The molecule has 0 bridgehead atoms. The Balaban J connectivity index is 3.17. The van der Waals surface area contributed by atoms with Gasteiger partial charge in [0.1, 0.15) is 0 Å². The first-order chi connectivity index (χ1) is 9.81. The maximum absolute atomic E-state index is 12.1. The van der Waals surface area contributed by atoms with Crippen molar-refractivity contribution in [2.45, 2.75) is 12.2 Å². The fourth-order valence-electron chi connectivity index (χ4n) is 1.39. The van der Waals surface area contributed by atoms with Crippen LogP contribution >= 0.6 is 11.6 Å². The van der Waals surface area contributed by atoms with Crippen molar-refractivity contribution in [1.82, 2.24) is 0 Å². The second kappa shape index (κ2) is 7.31. The van der Waals surface area contributed by atoms with Crippen molar-refractivity contribution in [3.8, 4) is 11.8 Å². The number of sulfonamides is 1. The standard InChI is InChI=1S/C13H15ClN2O4S/c1-9(13(17)20-2)21(18,19)16-12-8-11(14)6-5-10(12)4-3-7-15/h5-6,8-9,16H,7,15H2,1-2H3. The van der Waals surface area contributed by atoms with E-state index in [1.54, 1.807) is 12.1 Å². The average Bonchev–Trinajstić information content (AvgIpc) is 2.44. The van der Waals surface area contributed by atoms with Gasteiger partial charge in [-0.25, -0.2) is 8.42 Å². The van der Waals surface area contributed by atoms with Crippen molar-refractivity contribution in [2.75, 3.05) is 18.4 Å². The van der Waals surface area contributed by atoms with Crippen LogP contribution in [0.1, 0.15) is 12.5 Å². The van der Waals surface area contributed by atoms with Gasteiger partial charge in [-0.1, -0.05) is 23.4 Å². The van der Waals surface area contributed by atoms with Gasteiger partial charge in [0.15, 0.2) is 5.25 Å². The van der Waals surface area contributed by atoms with Crippen molar-refractivity contribution in [3.05, 3.63) is 28.8 Å². The molecule has 21 heavy (non-hydrogen) atoms. The molecule has 0 saturated heterocycles. The van der Waals surface area contributed by atoms with Gasteiger partial charge in [0.05, 0.1) is 19.3 Å². The van der Waals surface area contributed by atoms with Gasteiger partial charge >= 0.3 is 5.97 Å². The number of hydrogen-bond donors (Lipinski definition) is 2. The van der Waals surface area contributed by atoms with E-state index in [9.17, 15) is 13.2 Å². The van der Waals surface area contributed by atoms with Gasteiger partial charge in [-0.3, -0.25) is 9.52 Å². The van der Waals surface area contributed by atoms with E-state index in [4.69, 9.17) is 17.3 Å². The smallest absolute Gasteiger partial charge is 0.325 e. The molecule has 1 unspecified atom stereocenters. The lowest BCUT2D eigenvalue weighted by Gasteiger charge is -2.14. The molecule has 1 aromatic rings. The molecule has 114 valence electrons. The van der Waals surface area contributed by atoms with Crippen molar-refractivity contribution < 1.29 is 17.9 Å². The number of esters is 1. The van der Waals surface area contributed by atoms with E-state index >= 15 is 0 Å². The quantitative estimate of drug-likeness (QED) is 0.632. The molecular formula is C13H15ClN2O4S. The topological polar surface area (TPSA) is 98.5 Å². The second-order valence-corrected chi connectivity index (χ2v) is 6.45. The first-order valence-electron chi connectivity index (χ1n) is 5.89.